The lowest BCUT2D eigenvalue weighted by Gasteiger charge is -2.25. The predicted octanol–water partition coefficient (Wildman–Crippen LogP) is 16.2. The topological polar surface area (TPSA) is 0 Å². The second-order valence-corrected chi connectivity index (χ2v) is 20.5. The number of hydrogen-bond acceptors (Lipinski definition) is 0. The summed E-state index contributed by atoms with van der Waals surface area (Å²) in [7, 11) is 0. The van der Waals surface area contributed by atoms with Crippen LogP contribution in [0.3, 0.4) is 0 Å². The molecule has 0 atom stereocenters. The second kappa shape index (κ2) is 12.2. The Morgan fingerprint density at radius 3 is 1.05 bits per heavy atom. The van der Waals surface area contributed by atoms with Gasteiger partial charge in [0.25, 0.3) is 0 Å². The quantitative estimate of drug-likeness (QED) is 0.167. The lowest BCUT2D eigenvalue weighted by atomic mass is 9.78. The van der Waals surface area contributed by atoms with Crippen LogP contribution in [-0.2, 0) is 21.7 Å². The first-order chi connectivity index (χ1) is 29.2. The normalized spacial score (nSPS) is 18.1. The molecule has 7 aromatic carbocycles. The van der Waals surface area contributed by atoms with Crippen molar-refractivity contribution in [1.29, 1.82) is 0 Å². The van der Waals surface area contributed by atoms with Gasteiger partial charge in [-0.3, -0.25) is 0 Å². The second-order valence-electron chi connectivity index (χ2n) is 20.5. The minimum absolute atomic E-state index is 0.00889. The van der Waals surface area contributed by atoms with Crippen LogP contribution in [0.1, 0.15) is 106 Å². The zero-order valence-electron chi connectivity index (χ0n) is 36.7. The van der Waals surface area contributed by atoms with E-state index in [1.165, 1.54) is 122 Å². The Balaban J connectivity index is 0.856. The Kier molecular flexibility index (Phi) is 7.32. The van der Waals surface area contributed by atoms with Gasteiger partial charge in [-0.2, -0.15) is 0 Å². The summed E-state index contributed by atoms with van der Waals surface area (Å²) in [5.74, 6) is 0. The van der Waals surface area contributed by atoms with Gasteiger partial charge in [-0.05, 0) is 165 Å². The van der Waals surface area contributed by atoms with Gasteiger partial charge >= 0.3 is 0 Å². The van der Waals surface area contributed by atoms with Gasteiger partial charge in [-0.15, -0.1) is 0 Å². The molecule has 0 spiro atoms. The molecular formula is C61H52. The van der Waals surface area contributed by atoms with Gasteiger partial charge in [0.15, 0.2) is 0 Å². The minimum atomic E-state index is -0.124. The number of allylic oxidation sites excluding steroid dienone is 6. The molecule has 0 aliphatic heterocycles. The summed E-state index contributed by atoms with van der Waals surface area (Å²) in [4.78, 5) is 0. The molecule has 5 aliphatic carbocycles. The number of hydrogen-bond donors (Lipinski definition) is 0. The maximum Gasteiger partial charge on any atom is 0.0159 e. The van der Waals surface area contributed by atoms with E-state index in [9.17, 15) is 0 Å². The van der Waals surface area contributed by atoms with E-state index >= 15 is 0 Å². The van der Waals surface area contributed by atoms with Crippen LogP contribution >= 0.6 is 0 Å². The van der Waals surface area contributed by atoms with Crippen molar-refractivity contribution in [2.75, 3.05) is 0 Å². The first kappa shape index (κ1) is 36.6. The molecule has 0 heteroatoms. The molecule has 5 aliphatic rings. The van der Waals surface area contributed by atoms with E-state index in [1.54, 1.807) is 0 Å². The summed E-state index contributed by atoms with van der Waals surface area (Å²) in [5, 5.41) is 0. The lowest BCUT2D eigenvalue weighted by Crippen LogP contribution is -2.17. The monoisotopic (exact) mass is 784 g/mol. The van der Waals surface area contributed by atoms with Crippen molar-refractivity contribution in [3.63, 3.8) is 0 Å². The largest absolute Gasteiger partial charge is 0.0804 e. The molecule has 0 saturated heterocycles. The highest BCUT2D eigenvalue weighted by molar-refractivity contribution is 5.91. The van der Waals surface area contributed by atoms with Crippen LogP contribution in [0.5, 0.6) is 0 Å². The number of fused-ring (bicyclic) bond motifs is 11. The first-order valence-corrected chi connectivity index (χ1v) is 22.3. The summed E-state index contributed by atoms with van der Waals surface area (Å²) >= 11 is 0. The van der Waals surface area contributed by atoms with Crippen LogP contribution in [0.25, 0.3) is 72.3 Å². The molecule has 0 radical (unpaired) electrons. The standard InChI is InChI=1S/C61H52/c1-58(2)50-16-11-9-10-14-42(50)44-24-18-36(30-52(44)58)38-20-26-46-48-28-22-40(34-56(48)60(5,6)54(46)32-38)41-23-29-49-47-27-21-39(33-55(47)61(7,8)57(49)35-41)37-19-25-45-43-15-12-13-17-51(43)59(3,4)53(45)31-37/h9-15,17-35H,16H2,1-8H3. The van der Waals surface area contributed by atoms with E-state index in [1.807, 2.05) is 0 Å². The summed E-state index contributed by atoms with van der Waals surface area (Å²) in [5.41, 5.74) is 29.9. The molecule has 0 unspecified atom stereocenters. The molecule has 61 heavy (non-hydrogen) atoms. The van der Waals surface area contributed by atoms with Crippen molar-refractivity contribution in [3.8, 4) is 66.8 Å². The van der Waals surface area contributed by atoms with Crippen molar-refractivity contribution in [2.45, 2.75) is 83.5 Å². The van der Waals surface area contributed by atoms with Crippen LogP contribution in [0, 0.1) is 0 Å². The van der Waals surface area contributed by atoms with Crippen molar-refractivity contribution in [1.82, 2.24) is 0 Å². The molecule has 0 aromatic heterocycles. The fraction of sp³-hybridized carbons (Fsp3) is 0.213. The van der Waals surface area contributed by atoms with Crippen LogP contribution in [-0.4, -0.2) is 0 Å². The molecule has 0 nitrogen and oxygen atoms in total. The van der Waals surface area contributed by atoms with Crippen LogP contribution in [0.2, 0.25) is 0 Å². The molecule has 0 saturated carbocycles. The van der Waals surface area contributed by atoms with Gasteiger partial charge in [-0.1, -0.05) is 177 Å². The smallest absolute Gasteiger partial charge is 0.0159 e. The third kappa shape index (κ3) is 4.94. The third-order valence-corrected chi connectivity index (χ3v) is 15.8. The van der Waals surface area contributed by atoms with Gasteiger partial charge in [-0.25, -0.2) is 0 Å². The van der Waals surface area contributed by atoms with Gasteiger partial charge in [0.2, 0.25) is 0 Å². The molecule has 7 aromatic rings. The van der Waals surface area contributed by atoms with Gasteiger partial charge in [0.1, 0.15) is 0 Å². The summed E-state index contributed by atoms with van der Waals surface area (Å²) < 4.78 is 0. The Hall–Kier alpha value is -6.24. The highest BCUT2D eigenvalue weighted by atomic mass is 14.4. The van der Waals surface area contributed by atoms with E-state index in [2.05, 4.69) is 213 Å². The van der Waals surface area contributed by atoms with Crippen LogP contribution < -0.4 is 0 Å². The van der Waals surface area contributed by atoms with E-state index in [0.29, 0.717) is 0 Å². The van der Waals surface area contributed by atoms with Crippen LogP contribution in [0.4, 0.5) is 0 Å². The molecule has 0 fully saturated rings. The molecule has 12 rings (SSSR count). The molecule has 0 amide bonds. The van der Waals surface area contributed by atoms with Crippen LogP contribution in [0.15, 0.2) is 163 Å². The van der Waals surface area contributed by atoms with Crippen molar-refractivity contribution in [2.24, 2.45) is 0 Å². The van der Waals surface area contributed by atoms with E-state index in [-0.39, 0.29) is 21.7 Å². The summed E-state index contributed by atoms with van der Waals surface area (Å²) in [6, 6.07) is 52.0. The fourth-order valence-corrected chi connectivity index (χ4v) is 12.2. The van der Waals surface area contributed by atoms with E-state index < -0.39 is 0 Å². The molecule has 0 bridgehead atoms. The van der Waals surface area contributed by atoms with E-state index in [4.69, 9.17) is 0 Å². The SMILES string of the molecule is CC1(C)C2=C(C=CC=CC2)c2ccc(-c3ccc4c(c3)C(C)(C)c3cc(-c5ccc6c(c5)C(C)(C)c5cc(-c7ccc8c(c7)C(C)(C)c7ccccc7-8)ccc5-6)ccc3-4)cc21. The summed E-state index contributed by atoms with van der Waals surface area (Å²) in [6.07, 6.45) is 10.0. The van der Waals surface area contributed by atoms with Crippen molar-refractivity contribution in [3.05, 3.63) is 208 Å². The third-order valence-electron chi connectivity index (χ3n) is 15.8. The van der Waals surface area contributed by atoms with Crippen molar-refractivity contribution >= 4 is 5.57 Å². The Morgan fingerprint density at radius 1 is 0.311 bits per heavy atom. The minimum Gasteiger partial charge on any atom is -0.0804 e. The Labute approximate surface area is 362 Å². The zero-order valence-corrected chi connectivity index (χ0v) is 36.7. The zero-order chi connectivity index (χ0) is 41.8. The maximum absolute atomic E-state index is 2.48. The highest BCUT2D eigenvalue weighted by Crippen LogP contribution is 2.55. The van der Waals surface area contributed by atoms with Gasteiger partial charge in [0, 0.05) is 21.7 Å². The fourth-order valence-electron chi connectivity index (χ4n) is 12.2. The number of rotatable bonds is 3. The average molecular weight is 785 g/mol. The van der Waals surface area contributed by atoms with Gasteiger partial charge < -0.3 is 0 Å². The lowest BCUT2D eigenvalue weighted by molar-refractivity contribution is 0.626. The maximum atomic E-state index is 2.48. The predicted molar refractivity (Wildman–Crippen MR) is 258 cm³/mol. The first-order valence-electron chi connectivity index (χ1n) is 22.3. The molecule has 296 valence electrons. The molecule has 0 heterocycles. The average Bonchev–Trinajstić information content (AvgIpc) is 3.69. The number of benzene rings is 7. The Morgan fingerprint density at radius 2 is 0.639 bits per heavy atom. The van der Waals surface area contributed by atoms with Crippen molar-refractivity contribution < 1.29 is 0 Å². The summed E-state index contributed by atoms with van der Waals surface area (Å²) in [6.45, 7) is 19.2. The van der Waals surface area contributed by atoms with Gasteiger partial charge in [0.05, 0.1) is 0 Å². The highest BCUT2D eigenvalue weighted by Gasteiger charge is 2.40. The molecular weight excluding hydrogens is 733 g/mol. The Bertz CT molecular complexity index is 3200. The van der Waals surface area contributed by atoms with E-state index in [0.717, 1.165) is 6.42 Å². The molecule has 0 N–H and O–H groups in total.